The molecule has 1 unspecified atom stereocenters. The van der Waals surface area contributed by atoms with E-state index in [1.165, 1.54) is 6.33 Å². The summed E-state index contributed by atoms with van der Waals surface area (Å²) in [5.41, 5.74) is 0. The maximum Gasteiger partial charge on any atom is 0.317 e. The Morgan fingerprint density at radius 1 is 1.23 bits per heavy atom. The van der Waals surface area contributed by atoms with Gasteiger partial charge in [0.05, 0.1) is 7.11 Å². The molecule has 144 valence electrons. The van der Waals surface area contributed by atoms with Crippen molar-refractivity contribution in [2.75, 3.05) is 38.2 Å². The molecule has 1 aliphatic carbocycles. The van der Waals surface area contributed by atoms with E-state index in [0.29, 0.717) is 37.7 Å². The molecule has 3 rings (SSSR count). The zero-order chi connectivity index (χ0) is 18.5. The molecule has 7 nitrogen and oxygen atoms in total. The van der Waals surface area contributed by atoms with Gasteiger partial charge in [-0.15, -0.1) is 0 Å². The fourth-order valence-electron chi connectivity index (χ4n) is 3.74. The molecule has 2 fully saturated rings. The summed E-state index contributed by atoms with van der Waals surface area (Å²) in [7, 11) is 1.58. The van der Waals surface area contributed by atoms with Gasteiger partial charge in [0.1, 0.15) is 18.3 Å². The molecule has 1 atom stereocenters. The van der Waals surface area contributed by atoms with Crippen molar-refractivity contribution in [2.24, 2.45) is 5.92 Å². The van der Waals surface area contributed by atoms with Gasteiger partial charge in [-0.1, -0.05) is 0 Å². The van der Waals surface area contributed by atoms with E-state index in [2.05, 4.69) is 20.2 Å². The van der Waals surface area contributed by atoms with Crippen molar-refractivity contribution < 1.29 is 13.9 Å². The zero-order valence-electron chi connectivity index (χ0n) is 15.5. The molecule has 0 radical (unpaired) electrons. The number of ether oxygens (including phenoxy) is 1. The van der Waals surface area contributed by atoms with Crippen LogP contribution in [0, 0.1) is 5.92 Å². The normalized spacial score (nSPS) is 24.9. The van der Waals surface area contributed by atoms with Crippen molar-refractivity contribution in [3.8, 4) is 5.88 Å². The monoisotopic (exact) mass is 365 g/mol. The van der Waals surface area contributed by atoms with Crippen LogP contribution in [0.5, 0.6) is 5.88 Å². The lowest BCUT2D eigenvalue weighted by Gasteiger charge is -2.37. The van der Waals surface area contributed by atoms with Gasteiger partial charge in [-0.25, -0.2) is 19.2 Å². The quantitative estimate of drug-likeness (QED) is 0.886. The molecule has 1 saturated carbocycles. The number of alkyl halides is 1. The Morgan fingerprint density at radius 3 is 2.58 bits per heavy atom. The number of nitrogens with zero attached hydrogens (tertiary/aromatic N) is 4. The molecule has 2 amide bonds. The summed E-state index contributed by atoms with van der Waals surface area (Å²) < 4.78 is 18.4. The van der Waals surface area contributed by atoms with Gasteiger partial charge in [-0.2, -0.15) is 0 Å². The fourth-order valence-corrected chi connectivity index (χ4v) is 3.74. The number of halogens is 1. The highest BCUT2D eigenvalue weighted by molar-refractivity contribution is 5.74. The molecule has 2 aliphatic rings. The predicted octanol–water partition coefficient (Wildman–Crippen LogP) is 2.23. The number of piperazine rings is 1. The average molecular weight is 365 g/mol. The SMILES string of the molecule is COc1cc(N2CCN(C(=O)NC(C)C3CCC(F)CC3)CC2)ncn1. The lowest BCUT2D eigenvalue weighted by molar-refractivity contribution is 0.165. The maximum absolute atomic E-state index is 13.3. The summed E-state index contributed by atoms with van der Waals surface area (Å²) in [6.45, 7) is 4.75. The van der Waals surface area contributed by atoms with Crippen LogP contribution in [-0.4, -0.2) is 66.4 Å². The second kappa shape index (κ2) is 8.51. The third-order valence-electron chi connectivity index (χ3n) is 5.49. The summed E-state index contributed by atoms with van der Waals surface area (Å²) in [5.74, 6) is 1.72. The van der Waals surface area contributed by atoms with Gasteiger partial charge in [0.25, 0.3) is 0 Å². The van der Waals surface area contributed by atoms with Crippen LogP contribution in [0.25, 0.3) is 0 Å². The van der Waals surface area contributed by atoms with E-state index >= 15 is 0 Å². The first kappa shape index (κ1) is 18.7. The molecule has 0 aromatic carbocycles. The lowest BCUT2D eigenvalue weighted by atomic mass is 9.84. The summed E-state index contributed by atoms with van der Waals surface area (Å²) in [5, 5.41) is 3.11. The van der Waals surface area contributed by atoms with E-state index < -0.39 is 6.17 Å². The number of anilines is 1. The molecule has 0 spiro atoms. The largest absolute Gasteiger partial charge is 0.481 e. The van der Waals surface area contributed by atoms with Crippen LogP contribution in [0.15, 0.2) is 12.4 Å². The van der Waals surface area contributed by atoms with Gasteiger partial charge in [-0.3, -0.25) is 0 Å². The molecule has 1 saturated heterocycles. The lowest BCUT2D eigenvalue weighted by Crippen LogP contribution is -2.54. The van der Waals surface area contributed by atoms with Gasteiger partial charge in [0.15, 0.2) is 0 Å². The number of rotatable bonds is 4. The Balaban J connectivity index is 1.47. The third kappa shape index (κ3) is 4.53. The summed E-state index contributed by atoms with van der Waals surface area (Å²) in [4.78, 5) is 24.8. The Hall–Kier alpha value is -2.12. The standard InChI is InChI=1S/C18H28FN5O2/c1-13(14-3-5-15(19)6-4-14)22-18(25)24-9-7-23(8-10-24)16-11-17(26-2)21-12-20-16/h11-15H,3-10H2,1-2H3,(H,22,25). The van der Waals surface area contributed by atoms with E-state index in [-0.39, 0.29) is 12.1 Å². The third-order valence-corrected chi connectivity index (χ3v) is 5.49. The van der Waals surface area contributed by atoms with Gasteiger partial charge in [0.2, 0.25) is 5.88 Å². The molecule has 1 aromatic rings. The number of carbonyl (C=O) groups excluding carboxylic acids is 1. The van der Waals surface area contributed by atoms with Crippen LogP contribution in [-0.2, 0) is 0 Å². The predicted molar refractivity (Wildman–Crippen MR) is 97.2 cm³/mol. The van der Waals surface area contributed by atoms with Crippen molar-refractivity contribution >= 4 is 11.8 Å². The van der Waals surface area contributed by atoms with Gasteiger partial charge in [-0.05, 0) is 38.5 Å². The minimum atomic E-state index is -0.664. The van der Waals surface area contributed by atoms with Crippen LogP contribution in [0.4, 0.5) is 15.0 Å². The van der Waals surface area contributed by atoms with Gasteiger partial charge >= 0.3 is 6.03 Å². The molecule has 2 heterocycles. The molecule has 1 aliphatic heterocycles. The van der Waals surface area contributed by atoms with E-state index in [0.717, 1.165) is 31.7 Å². The first-order valence-corrected chi connectivity index (χ1v) is 9.37. The molecule has 8 heteroatoms. The number of hydrogen-bond donors (Lipinski definition) is 1. The van der Waals surface area contributed by atoms with Crippen molar-refractivity contribution in [3.63, 3.8) is 0 Å². The highest BCUT2D eigenvalue weighted by atomic mass is 19.1. The van der Waals surface area contributed by atoms with Crippen molar-refractivity contribution in [2.45, 2.75) is 44.8 Å². The van der Waals surface area contributed by atoms with Crippen LogP contribution < -0.4 is 15.0 Å². The molecule has 1 aromatic heterocycles. The summed E-state index contributed by atoms with van der Waals surface area (Å²) in [6, 6.07) is 1.86. The first-order chi connectivity index (χ1) is 12.6. The van der Waals surface area contributed by atoms with E-state index in [4.69, 9.17) is 4.74 Å². The van der Waals surface area contributed by atoms with E-state index in [1.54, 1.807) is 13.2 Å². The second-order valence-corrected chi connectivity index (χ2v) is 7.14. The molecular weight excluding hydrogens is 337 g/mol. The topological polar surface area (TPSA) is 70.6 Å². The summed E-state index contributed by atoms with van der Waals surface area (Å²) in [6.07, 6.45) is 3.76. The first-order valence-electron chi connectivity index (χ1n) is 9.37. The van der Waals surface area contributed by atoms with Crippen molar-refractivity contribution in [3.05, 3.63) is 12.4 Å². The van der Waals surface area contributed by atoms with Crippen molar-refractivity contribution in [1.82, 2.24) is 20.2 Å². The van der Waals surface area contributed by atoms with Gasteiger partial charge < -0.3 is 19.9 Å². The van der Waals surface area contributed by atoms with E-state index in [1.807, 2.05) is 11.8 Å². The Morgan fingerprint density at radius 2 is 1.92 bits per heavy atom. The van der Waals surface area contributed by atoms with Gasteiger partial charge in [0, 0.05) is 38.3 Å². The van der Waals surface area contributed by atoms with Crippen LogP contribution >= 0.6 is 0 Å². The number of methoxy groups -OCH3 is 1. The highest BCUT2D eigenvalue weighted by Crippen LogP contribution is 2.28. The minimum Gasteiger partial charge on any atom is -0.481 e. The smallest absolute Gasteiger partial charge is 0.317 e. The molecule has 1 N–H and O–H groups in total. The molecular formula is C18H28FN5O2. The fraction of sp³-hybridized carbons (Fsp3) is 0.722. The number of hydrogen-bond acceptors (Lipinski definition) is 5. The average Bonchev–Trinajstić information content (AvgIpc) is 2.68. The molecule has 26 heavy (non-hydrogen) atoms. The Bertz CT molecular complexity index is 601. The van der Waals surface area contributed by atoms with Crippen LogP contribution in [0.3, 0.4) is 0 Å². The maximum atomic E-state index is 13.3. The second-order valence-electron chi connectivity index (χ2n) is 7.14. The zero-order valence-corrected chi connectivity index (χ0v) is 15.5. The van der Waals surface area contributed by atoms with E-state index in [9.17, 15) is 9.18 Å². The highest BCUT2D eigenvalue weighted by Gasteiger charge is 2.28. The Kier molecular flexibility index (Phi) is 6.11. The number of nitrogens with one attached hydrogen (secondary N) is 1. The molecule has 0 bridgehead atoms. The Labute approximate surface area is 153 Å². The minimum absolute atomic E-state index is 0.0280. The number of urea groups is 1. The van der Waals surface area contributed by atoms with Crippen LogP contribution in [0.1, 0.15) is 32.6 Å². The number of carbonyl (C=O) groups is 1. The number of amides is 2. The van der Waals surface area contributed by atoms with Crippen LogP contribution in [0.2, 0.25) is 0 Å². The number of aromatic nitrogens is 2. The van der Waals surface area contributed by atoms with Crippen molar-refractivity contribution in [1.29, 1.82) is 0 Å². The summed E-state index contributed by atoms with van der Waals surface area (Å²) >= 11 is 0.